The molecule has 0 fully saturated rings. The smallest absolute Gasteiger partial charge is 0.341 e. The van der Waals surface area contributed by atoms with E-state index in [4.69, 9.17) is 0 Å². The zero-order chi connectivity index (χ0) is 14.3. The van der Waals surface area contributed by atoms with Crippen LogP contribution in [0.25, 0.3) is 6.08 Å². The Morgan fingerprint density at radius 3 is 2.74 bits per heavy atom. The van der Waals surface area contributed by atoms with Crippen LogP contribution < -0.4 is 5.32 Å². The number of phenolic OH excluding ortho intramolecular Hbond substituents is 1. The van der Waals surface area contributed by atoms with Crippen molar-refractivity contribution < 1.29 is 19.4 Å². The van der Waals surface area contributed by atoms with Gasteiger partial charge in [0.15, 0.2) is 0 Å². The number of hydrogen-bond acceptors (Lipinski definition) is 4. The van der Waals surface area contributed by atoms with Crippen LogP contribution in [0.1, 0.15) is 29.3 Å². The number of rotatable bonds is 5. The number of aromatic hydroxyl groups is 1. The van der Waals surface area contributed by atoms with E-state index in [2.05, 4.69) is 10.1 Å². The summed E-state index contributed by atoms with van der Waals surface area (Å²) in [5, 5.41) is 12.4. The Morgan fingerprint density at radius 2 is 2.16 bits per heavy atom. The maximum absolute atomic E-state index is 11.3. The Bertz CT molecular complexity index is 494. The predicted molar refractivity (Wildman–Crippen MR) is 71.8 cm³/mol. The van der Waals surface area contributed by atoms with Gasteiger partial charge in [0.05, 0.1) is 7.11 Å². The van der Waals surface area contributed by atoms with E-state index in [1.165, 1.54) is 26.2 Å². The maximum Gasteiger partial charge on any atom is 0.341 e. The molecule has 5 nitrogen and oxygen atoms in total. The van der Waals surface area contributed by atoms with Gasteiger partial charge >= 0.3 is 5.97 Å². The SMILES string of the molecule is COC(=O)c1ccc(C=CCCNC(C)=O)cc1O. The van der Waals surface area contributed by atoms with Crippen molar-refractivity contribution in [1.82, 2.24) is 5.32 Å². The third kappa shape index (κ3) is 4.83. The van der Waals surface area contributed by atoms with Gasteiger partial charge in [-0.3, -0.25) is 4.79 Å². The summed E-state index contributed by atoms with van der Waals surface area (Å²) in [6.45, 7) is 2.03. The van der Waals surface area contributed by atoms with Gasteiger partial charge in [-0.25, -0.2) is 4.79 Å². The molecule has 0 atom stereocenters. The van der Waals surface area contributed by atoms with Crippen molar-refractivity contribution in [3.63, 3.8) is 0 Å². The first-order chi connectivity index (χ1) is 9.04. The van der Waals surface area contributed by atoms with Gasteiger partial charge in [0, 0.05) is 13.5 Å². The molecule has 102 valence electrons. The molecule has 0 aliphatic heterocycles. The molecule has 1 aromatic rings. The fraction of sp³-hybridized carbons (Fsp3) is 0.286. The second kappa shape index (κ2) is 7.20. The largest absolute Gasteiger partial charge is 0.507 e. The van der Waals surface area contributed by atoms with Crippen LogP contribution in [0, 0.1) is 0 Å². The summed E-state index contributed by atoms with van der Waals surface area (Å²) in [7, 11) is 1.26. The molecule has 2 N–H and O–H groups in total. The van der Waals surface area contributed by atoms with Crippen LogP contribution in [0.3, 0.4) is 0 Å². The number of benzene rings is 1. The highest BCUT2D eigenvalue weighted by Crippen LogP contribution is 2.20. The Morgan fingerprint density at radius 1 is 1.42 bits per heavy atom. The maximum atomic E-state index is 11.3. The molecule has 0 saturated carbocycles. The van der Waals surface area contributed by atoms with E-state index >= 15 is 0 Å². The molecule has 0 aliphatic rings. The van der Waals surface area contributed by atoms with E-state index in [1.807, 2.05) is 12.2 Å². The first-order valence-corrected chi connectivity index (χ1v) is 5.87. The molecule has 0 aliphatic carbocycles. The summed E-state index contributed by atoms with van der Waals surface area (Å²) in [5.74, 6) is -0.747. The van der Waals surface area contributed by atoms with Crippen LogP contribution in [0.2, 0.25) is 0 Å². The van der Waals surface area contributed by atoms with Crippen LogP contribution in [0.15, 0.2) is 24.3 Å². The van der Waals surface area contributed by atoms with Gasteiger partial charge in [0.1, 0.15) is 11.3 Å². The molecule has 1 aromatic carbocycles. The standard InChI is InChI=1S/C14H17NO4/c1-10(16)15-8-4-3-5-11-6-7-12(13(17)9-11)14(18)19-2/h3,5-7,9,17H,4,8H2,1-2H3,(H,15,16). The van der Waals surface area contributed by atoms with Crippen LogP contribution >= 0.6 is 0 Å². The number of amides is 1. The fourth-order valence-corrected chi connectivity index (χ4v) is 1.49. The summed E-state index contributed by atoms with van der Waals surface area (Å²) < 4.78 is 4.54. The van der Waals surface area contributed by atoms with Gasteiger partial charge in [-0.2, -0.15) is 0 Å². The van der Waals surface area contributed by atoms with E-state index in [0.29, 0.717) is 13.0 Å². The zero-order valence-electron chi connectivity index (χ0n) is 11.0. The van der Waals surface area contributed by atoms with Gasteiger partial charge < -0.3 is 15.2 Å². The molecular formula is C14H17NO4. The third-order valence-electron chi connectivity index (χ3n) is 2.42. The number of nitrogens with one attached hydrogen (secondary N) is 1. The van der Waals surface area contributed by atoms with Crippen LogP contribution in [-0.4, -0.2) is 30.6 Å². The fourth-order valence-electron chi connectivity index (χ4n) is 1.49. The van der Waals surface area contributed by atoms with Gasteiger partial charge in [0.25, 0.3) is 0 Å². The number of ether oxygens (including phenoxy) is 1. The zero-order valence-corrected chi connectivity index (χ0v) is 11.0. The molecule has 5 heteroatoms. The number of esters is 1. The topological polar surface area (TPSA) is 75.6 Å². The molecule has 19 heavy (non-hydrogen) atoms. The van der Waals surface area contributed by atoms with Crippen molar-refractivity contribution >= 4 is 18.0 Å². The summed E-state index contributed by atoms with van der Waals surface area (Å²) >= 11 is 0. The molecule has 0 heterocycles. The lowest BCUT2D eigenvalue weighted by Crippen LogP contribution is -2.20. The molecule has 0 saturated heterocycles. The van der Waals surface area contributed by atoms with E-state index in [9.17, 15) is 14.7 Å². The minimum atomic E-state index is -0.571. The van der Waals surface area contributed by atoms with Crippen LogP contribution in [-0.2, 0) is 9.53 Å². The molecule has 0 spiro atoms. The Kier molecular flexibility index (Phi) is 5.60. The van der Waals surface area contributed by atoms with Crippen molar-refractivity contribution in [2.24, 2.45) is 0 Å². The molecule has 1 amide bonds. The van der Waals surface area contributed by atoms with E-state index in [-0.39, 0.29) is 17.2 Å². The van der Waals surface area contributed by atoms with Gasteiger partial charge in [-0.15, -0.1) is 0 Å². The number of methoxy groups -OCH3 is 1. The lowest BCUT2D eigenvalue weighted by atomic mass is 10.1. The van der Waals surface area contributed by atoms with Crippen molar-refractivity contribution in [3.8, 4) is 5.75 Å². The lowest BCUT2D eigenvalue weighted by Gasteiger charge is -2.03. The second-order valence-corrected chi connectivity index (χ2v) is 3.94. The minimum absolute atomic E-state index is 0.0616. The van der Waals surface area contributed by atoms with Crippen molar-refractivity contribution in [2.45, 2.75) is 13.3 Å². The first-order valence-electron chi connectivity index (χ1n) is 5.87. The highest BCUT2D eigenvalue weighted by Gasteiger charge is 2.10. The molecule has 0 radical (unpaired) electrons. The van der Waals surface area contributed by atoms with Crippen molar-refractivity contribution in [3.05, 3.63) is 35.4 Å². The summed E-state index contributed by atoms with van der Waals surface area (Å²) in [4.78, 5) is 21.9. The van der Waals surface area contributed by atoms with E-state index < -0.39 is 5.97 Å². The number of hydrogen-bond donors (Lipinski definition) is 2. The lowest BCUT2D eigenvalue weighted by molar-refractivity contribution is -0.118. The minimum Gasteiger partial charge on any atom is -0.507 e. The summed E-state index contributed by atoms with van der Waals surface area (Å²) in [6.07, 6.45) is 4.38. The Labute approximate surface area is 111 Å². The summed E-state index contributed by atoms with van der Waals surface area (Å²) in [5.41, 5.74) is 0.908. The first kappa shape index (κ1) is 14.8. The predicted octanol–water partition coefficient (Wildman–Crippen LogP) is 1.72. The van der Waals surface area contributed by atoms with Gasteiger partial charge in [-0.1, -0.05) is 18.2 Å². The normalized spacial score (nSPS) is 10.4. The highest BCUT2D eigenvalue weighted by molar-refractivity contribution is 5.92. The molecule has 1 rings (SSSR count). The van der Waals surface area contributed by atoms with Crippen molar-refractivity contribution in [2.75, 3.05) is 13.7 Å². The molecule has 0 unspecified atom stereocenters. The second-order valence-electron chi connectivity index (χ2n) is 3.94. The monoisotopic (exact) mass is 263 g/mol. The number of carbonyl (C=O) groups is 2. The van der Waals surface area contributed by atoms with E-state index in [1.54, 1.807) is 6.07 Å². The third-order valence-corrected chi connectivity index (χ3v) is 2.42. The average Bonchev–Trinajstić information content (AvgIpc) is 2.37. The molecule has 0 bridgehead atoms. The number of phenols is 1. The Hall–Kier alpha value is -2.30. The van der Waals surface area contributed by atoms with E-state index in [0.717, 1.165) is 5.56 Å². The average molecular weight is 263 g/mol. The van der Waals surface area contributed by atoms with Crippen molar-refractivity contribution in [1.29, 1.82) is 0 Å². The summed E-state index contributed by atoms with van der Waals surface area (Å²) in [6, 6.07) is 4.71. The van der Waals surface area contributed by atoms with Gasteiger partial charge in [-0.05, 0) is 24.1 Å². The molecular weight excluding hydrogens is 246 g/mol. The van der Waals surface area contributed by atoms with Gasteiger partial charge in [0.2, 0.25) is 5.91 Å². The highest BCUT2D eigenvalue weighted by atomic mass is 16.5. The Balaban J connectivity index is 2.61. The number of carbonyl (C=O) groups excluding carboxylic acids is 2. The van der Waals surface area contributed by atoms with Crippen LogP contribution in [0.5, 0.6) is 5.75 Å². The van der Waals surface area contributed by atoms with Crippen LogP contribution in [0.4, 0.5) is 0 Å². The molecule has 0 aromatic heterocycles. The quantitative estimate of drug-likeness (QED) is 0.626.